The maximum absolute atomic E-state index is 14.8. The molecule has 2 aliphatic carbocycles. The van der Waals surface area contributed by atoms with E-state index in [1.54, 1.807) is 32.3 Å². The molecule has 2 saturated carbocycles. The highest BCUT2D eigenvalue weighted by atomic mass is 19.1. The first-order valence-electron chi connectivity index (χ1n) is 15.3. The average molecular weight is 600 g/mol. The zero-order valence-electron chi connectivity index (χ0n) is 26.1. The van der Waals surface area contributed by atoms with Crippen LogP contribution in [-0.2, 0) is 16.1 Å². The molecule has 1 heterocycles. The Hall–Kier alpha value is -4.46. The molecule has 232 valence electrons. The molecule has 0 bridgehead atoms. The van der Waals surface area contributed by atoms with Crippen molar-refractivity contribution in [3.8, 4) is 0 Å². The van der Waals surface area contributed by atoms with Gasteiger partial charge in [0.1, 0.15) is 5.82 Å². The van der Waals surface area contributed by atoms with Gasteiger partial charge < -0.3 is 20.3 Å². The van der Waals surface area contributed by atoms with Crippen LogP contribution in [0.5, 0.6) is 0 Å². The number of rotatable bonds is 9. The van der Waals surface area contributed by atoms with E-state index in [0.29, 0.717) is 41.4 Å². The molecule has 7 nitrogen and oxygen atoms in total. The summed E-state index contributed by atoms with van der Waals surface area (Å²) in [4.78, 5) is 36.3. The summed E-state index contributed by atoms with van der Waals surface area (Å²) in [5.74, 6) is -1.76. The van der Waals surface area contributed by atoms with Gasteiger partial charge in [0.2, 0.25) is 5.91 Å². The van der Waals surface area contributed by atoms with Crippen molar-refractivity contribution in [2.45, 2.75) is 66.0 Å². The van der Waals surface area contributed by atoms with E-state index in [0.717, 1.165) is 29.5 Å². The van der Waals surface area contributed by atoms with Gasteiger partial charge in [0.05, 0.1) is 17.0 Å². The SMILES string of the molecule is CC.C\C=C/C(=C\C=C(/C)C(=O)NC)c1ccc(Cn2ccc3c(F)ccc(C(=O)NC4CC5(C4)CC(C(=O)O)C5)c32)cc1. The summed E-state index contributed by atoms with van der Waals surface area (Å²) in [5, 5.41) is 15.3. The number of amides is 2. The maximum atomic E-state index is 14.8. The van der Waals surface area contributed by atoms with E-state index in [-0.39, 0.29) is 35.0 Å². The van der Waals surface area contributed by atoms with E-state index in [2.05, 4.69) is 10.6 Å². The van der Waals surface area contributed by atoms with Crippen LogP contribution < -0.4 is 10.6 Å². The second kappa shape index (κ2) is 13.9. The highest BCUT2D eigenvalue weighted by Gasteiger charge is 2.55. The second-order valence-corrected chi connectivity index (χ2v) is 11.6. The minimum absolute atomic E-state index is 0.00212. The molecule has 1 aromatic heterocycles. The largest absolute Gasteiger partial charge is 0.481 e. The van der Waals surface area contributed by atoms with E-state index < -0.39 is 5.97 Å². The number of carboxylic acids is 1. The molecule has 1 spiro atoms. The standard InChI is InChI=1S/C34H36FN3O4.C2H6/c1-4-5-23(9-6-21(2)31(39)36-3)24-10-7-22(8-11-24)20-38-15-14-27-29(35)13-12-28(30(27)38)32(40)37-26-18-34(19-26)16-25(17-34)33(41)42;1-2/h4-15,25-26H,16-20H2,1-3H3,(H,36,39)(H,37,40)(H,41,42);1-2H3/b5-4-,21-6+,23-9+;. The monoisotopic (exact) mass is 599 g/mol. The summed E-state index contributed by atoms with van der Waals surface area (Å²) in [6.07, 6.45) is 12.3. The Morgan fingerprint density at radius 1 is 1.02 bits per heavy atom. The number of allylic oxidation sites excluding steroid dienone is 5. The van der Waals surface area contributed by atoms with Crippen LogP contribution in [0.25, 0.3) is 16.5 Å². The van der Waals surface area contributed by atoms with Crippen LogP contribution in [0.3, 0.4) is 0 Å². The number of carbonyl (C=O) groups is 3. The number of aliphatic carboxylic acids is 1. The number of halogens is 1. The van der Waals surface area contributed by atoms with Crippen LogP contribution in [0.2, 0.25) is 0 Å². The summed E-state index contributed by atoms with van der Waals surface area (Å²) in [6, 6.07) is 12.6. The van der Waals surface area contributed by atoms with E-state index in [1.165, 1.54) is 12.1 Å². The topological polar surface area (TPSA) is 100 Å². The molecule has 3 aromatic rings. The molecule has 3 N–H and O–H groups in total. The minimum atomic E-state index is -0.739. The van der Waals surface area contributed by atoms with E-state index in [1.807, 2.05) is 67.8 Å². The molecular formula is C36H42FN3O4. The molecule has 2 aliphatic rings. The molecule has 44 heavy (non-hydrogen) atoms. The molecular weight excluding hydrogens is 557 g/mol. The van der Waals surface area contributed by atoms with Crippen LogP contribution in [-0.4, -0.2) is 40.5 Å². The van der Waals surface area contributed by atoms with Gasteiger partial charge in [-0.25, -0.2) is 4.39 Å². The number of nitrogens with zero attached hydrogens (tertiary/aromatic N) is 1. The number of carbonyl (C=O) groups excluding carboxylic acids is 2. The van der Waals surface area contributed by atoms with Crippen molar-refractivity contribution in [1.29, 1.82) is 0 Å². The Labute approximate surface area is 258 Å². The third-order valence-corrected chi connectivity index (χ3v) is 8.60. The quantitative estimate of drug-likeness (QED) is 0.184. The highest BCUT2D eigenvalue weighted by molar-refractivity contribution is 6.06. The third-order valence-electron chi connectivity index (χ3n) is 8.60. The molecule has 0 atom stereocenters. The molecule has 2 aromatic carbocycles. The number of hydrogen-bond donors (Lipinski definition) is 3. The zero-order chi connectivity index (χ0) is 32.0. The number of hydrogen-bond acceptors (Lipinski definition) is 3. The van der Waals surface area contributed by atoms with Gasteiger partial charge in [-0.1, -0.05) is 62.4 Å². The molecule has 0 saturated heterocycles. The normalized spacial score (nSPS) is 21.3. The first-order chi connectivity index (χ1) is 21.1. The average Bonchev–Trinajstić information content (AvgIpc) is 3.40. The van der Waals surface area contributed by atoms with Crippen LogP contribution in [0.15, 0.2) is 78.5 Å². The number of nitrogens with one attached hydrogen (secondary N) is 2. The number of likely N-dealkylation sites (N-methyl/N-ethyl adjacent to an activating group) is 1. The van der Waals surface area contributed by atoms with Crippen molar-refractivity contribution in [2.24, 2.45) is 11.3 Å². The summed E-state index contributed by atoms with van der Waals surface area (Å²) >= 11 is 0. The minimum Gasteiger partial charge on any atom is -0.481 e. The van der Waals surface area contributed by atoms with Gasteiger partial charge in [-0.05, 0) is 79.8 Å². The van der Waals surface area contributed by atoms with Gasteiger partial charge in [0.25, 0.3) is 5.91 Å². The third kappa shape index (κ3) is 6.85. The second-order valence-electron chi connectivity index (χ2n) is 11.6. The van der Waals surface area contributed by atoms with Crippen molar-refractivity contribution in [3.05, 3.63) is 101 Å². The maximum Gasteiger partial charge on any atom is 0.306 e. The van der Waals surface area contributed by atoms with Crippen molar-refractivity contribution < 1.29 is 23.9 Å². The van der Waals surface area contributed by atoms with Crippen molar-refractivity contribution in [2.75, 3.05) is 7.05 Å². The first-order valence-corrected chi connectivity index (χ1v) is 15.3. The predicted octanol–water partition coefficient (Wildman–Crippen LogP) is 6.88. The van der Waals surface area contributed by atoms with Crippen LogP contribution >= 0.6 is 0 Å². The van der Waals surface area contributed by atoms with E-state index >= 15 is 0 Å². The summed E-state index contributed by atoms with van der Waals surface area (Å²) in [6.45, 7) is 8.15. The van der Waals surface area contributed by atoms with E-state index in [4.69, 9.17) is 0 Å². The molecule has 2 amide bonds. The Morgan fingerprint density at radius 3 is 2.32 bits per heavy atom. The van der Waals surface area contributed by atoms with Gasteiger partial charge in [0.15, 0.2) is 0 Å². The van der Waals surface area contributed by atoms with Gasteiger partial charge >= 0.3 is 5.97 Å². The molecule has 8 heteroatoms. The fourth-order valence-corrected chi connectivity index (χ4v) is 6.36. The molecule has 0 unspecified atom stereocenters. The van der Waals surface area contributed by atoms with Crippen LogP contribution in [0, 0.1) is 17.2 Å². The number of carboxylic acid groups (broad SMARTS) is 1. The number of aromatic nitrogens is 1. The first kappa shape index (κ1) is 32.5. The Kier molecular flexibility index (Phi) is 10.2. The lowest BCUT2D eigenvalue weighted by Gasteiger charge is -2.56. The Balaban J connectivity index is 0.00000216. The predicted molar refractivity (Wildman–Crippen MR) is 173 cm³/mol. The molecule has 2 fully saturated rings. The van der Waals surface area contributed by atoms with Gasteiger partial charge in [0, 0.05) is 36.8 Å². The Bertz CT molecular complexity index is 1620. The summed E-state index contributed by atoms with van der Waals surface area (Å²) in [7, 11) is 1.60. The van der Waals surface area contributed by atoms with Crippen LogP contribution in [0.1, 0.15) is 74.9 Å². The fourth-order valence-electron chi connectivity index (χ4n) is 6.36. The van der Waals surface area contributed by atoms with Crippen molar-refractivity contribution in [3.63, 3.8) is 0 Å². The molecule has 0 aliphatic heterocycles. The van der Waals surface area contributed by atoms with Crippen LogP contribution in [0.4, 0.5) is 4.39 Å². The zero-order valence-corrected chi connectivity index (χ0v) is 26.1. The van der Waals surface area contributed by atoms with Gasteiger partial charge in [-0.3, -0.25) is 14.4 Å². The van der Waals surface area contributed by atoms with E-state index in [9.17, 15) is 23.9 Å². The van der Waals surface area contributed by atoms with Gasteiger partial charge in [-0.2, -0.15) is 0 Å². The summed E-state index contributed by atoms with van der Waals surface area (Å²) < 4.78 is 16.7. The lowest BCUT2D eigenvalue weighted by molar-refractivity contribution is -0.155. The van der Waals surface area contributed by atoms with Crippen molar-refractivity contribution in [1.82, 2.24) is 15.2 Å². The lowest BCUT2D eigenvalue weighted by Crippen LogP contribution is -2.57. The van der Waals surface area contributed by atoms with Crippen molar-refractivity contribution >= 4 is 34.3 Å². The van der Waals surface area contributed by atoms with Gasteiger partial charge in [-0.15, -0.1) is 0 Å². The fraction of sp³-hybridized carbons (Fsp3) is 0.361. The summed E-state index contributed by atoms with van der Waals surface area (Å²) in [5.41, 5.74) is 4.55. The number of benzene rings is 2. The number of fused-ring (bicyclic) bond motifs is 1. The lowest BCUT2D eigenvalue weighted by atomic mass is 9.50. The molecule has 0 radical (unpaired) electrons. The highest BCUT2D eigenvalue weighted by Crippen LogP contribution is 2.58. The Morgan fingerprint density at radius 2 is 1.70 bits per heavy atom. The smallest absolute Gasteiger partial charge is 0.306 e. The molecule has 5 rings (SSSR count).